The zero-order valence-corrected chi connectivity index (χ0v) is 14.7. The first-order chi connectivity index (χ1) is 11.4. The molecule has 0 radical (unpaired) electrons. The van der Waals surface area contributed by atoms with E-state index in [1.165, 1.54) is 0 Å². The number of fused-ring (bicyclic) bond motifs is 1. The SMILES string of the molecule is COC[C@H]1CN(C(=O)c2ccc3nc(C)ccc3c2)CC(C)(C)O1. The van der Waals surface area contributed by atoms with Crippen molar-refractivity contribution in [1.29, 1.82) is 0 Å². The van der Waals surface area contributed by atoms with Gasteiger partial charge in [0.1, 0.15) is 0 Å². The molecule has 5 heteroatoms. The number of benzene rings is 1. The van der Waals surface area contributed by atoms with E-state index in [-0.39, 0.29) is 17.6 Å². The van der Waals surface area contributed by atoms with Crippen molar-refractivity contribution in [3.05, 3.63) is 41.6 Å². The Kier molecular flexibility index (Phi) is 4.56. The predicted molar refractivity (Wildman–Crippen MR) is 93.2 cm³/mol. The van der Waals surface area contributed by atoms with Crippen LogP contribution in [0.25, 0.3) is 10.9 Å². The summed E-state index contributed by atoms with van der Waals surface area (Å²) in [4.78, 5) is 19.3. The van der Waals surface area contributed by atoms with E-state index in [9.17, 15) is 4.79 Å². The number of aryl methyl sites for hydroxylation is 1. The van der Waals surface area contributed by atoms with Crippen molar-refractivity contribution < 1.29 is 14.3 Å². The van der Waals surface area contributed by atoms with Crippen LogP contribution in [0.4, 0.5) is 0 Å². The molecule has 1 atom stereocenters. The summed E-state index contributed by atoms with van der Waals surface area (Å²) in [5, 5.41) is 0.979. The normalized spacial score (nSPS) is 20.3. The Morgan fingerprint density at radius 3 is 2.92 bits per heavy atom. The second-order valence-electron chi connectivity index (χ2n) is 7.00. The van der Waals surface area contributed by atoms with Crippen molar-refractivity contribution in [3.63, 3.8) is 0 Å². The Morgan fingerprint density at radius 2 is 2.17 bits per heavy atom. The monoisotopic (exact) mass is 328 g/mol. The number of nitrogens with zero attached hydrogens (tertiary/aromatic N) is 2. The van der Waals surface area contributed by atoms with Gasteiger partial charge in [-0.05, 0) is 45.0 Å². The molecule has 1 aliphatic rings. The number of carbonyl (C=O) groups is 1. The van der Waals surface area contributed by atoms with Crippen LogP contribution in [0.15, 0.2) is 30.3 Å². The van der Waals surface area contributed by atoms with Crippen LogP contribution >= 0.6 is 0 Å². The fourth-order valence-electron chi connectivity index (χ4n) is 3.27. The highest BCUT2D eigenvalue weighted by atomic mass is 16.5. The highest BCUT2D eigenvalue weighted by Crippen LogP contribution is 2.24. The molecule has 1 fully saturated rings. The molecule has 2 aromatic rings. The van der Waals surface area contributed by atoms with E-state index in [0.717, 1.165) is 16.6 Å². The van der Waals surface area contributed by atoms with Crippen LogP contribution in [0.2, 0.25) is 0 Å². The summed E-state index contributed by atoms with van der Waals surface area (Å²) in [7, 11) is 1.65. The summed E-state index contributed by atoms with van der Waals surface area (Å²) < 4.78 is 11.2. The summed E-state index contributed by atoms with van der Waals surface area (Å²) in [5.74, 6) is 0.0231. The number of carbonyl (C=O) groups excluding carboxylic acids is 1. The highest BCUT2D eigenvalue weighted by molar-refractivity contribution is 5.98. The fraction of sp³-hybridized carbons (Fsp3) is 0.474. The molecule has 24 heavy (non-hydrogen) atoms. The molecule has 0 aliphatic carbocycles. The Hall–Kier alpha value is -1.98. The standard InChI is InChI=1S/C19H24N2O3/c1-13-5-6-14-9-15(7-8-17(14)20-13)18(22)21-10-16(11-23-4)24-19(2,3)12-21/h5-9,16H,10-12H2,1-4H3/t16-/m1/s1. The number of amides is 1. The Labute approximate surface area is 142 Å². The first kappa shape index (κ1) is 16.9. The number of hydrogen-bond donors (Lipinski definition) is 0. The minimum atomic E-state index is -0.382. The molecule has 1 aromatic heterocycles. The van der Waals surface area contributed by atoms with Crippen molar-refractivity contribution in [2.45, 2.75) is 32.5 Å². The van der Waals surface area contributed by atoms with Gasteiger partial charge in [0.05, 0.1) is 23.8 Å². The van der Waals surface area contributed by atoms with Gasteiger partial charge in [0.25, 0.3) is 5.91 Å². The molecule has 0 unspecified atom stereocenters. The summed E-state index contributed by atoms with van der Waals surface area (Å²) in [6.45, 7) is 7.55. The van der Waals surface area contributed by atoms with Gasteiger partial charge in [-0.2, -0.15) is 0 Å². The van der Waals surface area contributed by atoms with Crippen molar-refractivity contribution in [1.82, 2.24) is 9.88 Å². The third kappa shape index (κ3) is 3.57. The summed E-state index contributed by atoms with van der Waals surface area (Å²) in [6, 6.07) is 9.64. The molecule has 1 aliphatic heterocycles. The Bertz CT molecular complexity index is 757. The highest BCUT2D eigenvalue weighted by Gasteiger charge is 2.35. The van der Waals surface area contributed by atoms with Gasteiger partial charge in [-0.3, -0.25) is 9.78 Å². The Morgan fingerprint density at radius 1 is 1.38 bits per heavy atom. The van der Waals surface area contributed by atoms with E-state index in [0.29, 0.717) is 25.3 Å². The number of morpholine rings is 1. The Balaban J connectivity index is 1.86. The molecular formula is C19H24N2O3. The lowest BCUT2D eigenvalue weighted by atomic mass is 10.0. The third-order valence-electron chi connectivity index (χ3n) is 4.20. The molecule has 0 bridgehead atoms. The van der Waals surface area contributed by atoms with Crippen LogP contribution < -0.4 is 0 Å². The molecule has 1 aromatic carbocycles. The van der Waals surface area contributed by atoms with Gasteiger partial charge in [-0.15, -0.1) is 0 Å². The van der Waals surface area contributed by atoms with Crippen molar-refractivity contribution in [2.24, 2.45) is 0 Å². The van der Waals surface area contributed by atoms with E-state index in [1.807, 2.05) is 56.0 Å². The lowest BCUT2D eigenvalue weighted by Gasteiger charge is -2.42. The van der Waals surface area contributed by atoms with Gasteiger partial charge in [0, 0.05) is 36.8 Å². The lowest BCUT2D eigenvalue weighted by molar-refractivity contribution is -0.143. The number of methoxy groups -OCH3 is 1. The molecule has 0 saturated carbocycles. The lowest BCUT2D eigenvalue weighted by Crippen LogP contribution is -2.55. The largest absolute Gasteiger partial charge is 0.382 e. The van der Waals surface area contributed by atoms with Crippen molar-refractivity contribution >= 4 is 16.8 Å². The van der Waals surface area contributed by atoms with Gasteiger partial charge < -0.3 is 14.4 Å². The first-order valence-corrected chi connectivity index (χ1v) is 8.21. The molecule has 3 rings (SSSR count). The summed E-state index contributed by atoms with van der Waals surface area (Å²) >= 11 is 0. The summed E-state index contributed by atoms with van der Waals surface area (Å²) in [5.41, 5.74) is 2.18. The van der Waals surface area contributed by atoms with E-state index in [1.54, 1.807) is 7.11 Å². The van der Waals surface area contributed by atoms with E-state index in [2.05, 4.69) is 4.98 Å². The van der Waals surface area contributed by atoms with Gasteiger partial charge in [0.2, 0.25) is 0 Å². The number of aromatic nitrogens is 1. The zero-order chi connectivity index (χ0) is 17.3. The van der Waals surface area contributed by atoms with Gasteiger partial charge >= 0.3 is 0 Å². The number of rotatable bonds is 3. The van der Waals surface area contributed by atoms with Crippen molar-refractivity contribution in [2.75, 3.05) is 26.8 Å². The van der Waals surface area contributed by atoms with Gasteiger partial charge in [-0.1, -0.05) is 6.07 Å². The smallest absolute Gasteiger partial charge is 0.254 e. The predicted octanol–water partition coefficient (Wildman–Crippen LogP) is 2.81. The van der Waals surface area contributed by atoms with Crippen LogP contribution in [0, 0.1) is 6.92 Å². The maximum absolute atomic E-state index is 13.0. The molecule has 0 spiro atoms. The first-order valence-electron chi connectivity index (χ1n) is 8.21. The van der Waals surface area contributed by atoms with E-state index >= 15 is 0 Å². The summed E-state index contributed by atoms with van der Waals surface area (Å²) in [6.07, 6.45) is -0.104. The second kappa shape index (κ2) is 6.49. The minimum absolute atomic E-state index is 0.0231. The van der Waals surface area contributed by atoms with Crippen LogP contribution in [0.3, 0.4) is 0 Å². The molecule has 0 N–H and O–H groups in total. The van der Waals surface area contributed by atoms with Crippen LogP contribution in [-0.2, 0) is 9.47 Å². The van der Waals surface area contributed by atoms with Gasteiger partial charge in [-0.25, -0.2) is 0 Å². The molecule has 1 amide bonds. The minimum Gasteiger partial charge on any atom is -0.382 e. The second-order valence-corrected chi connectivity index (χ2v) is 7.00. The van der Waals surface area contributed by atoms with Crippen LogP contribution in [0.5, 0.6) is 0 Å². The third-order valence-corrected chi connectivity index (χ3v) is 4.20. The van der Waals surface area contributed by atoms with E-state index in [4.69, 9.17) is 9.47 Å². The topological polar surface area (TPSA) is 51.7 Å². The van der Waals surface area contributed by atoms with Crippen LogP contribution in [0.1, 0.15) is 29.9 Å². The average Bonchev–Trinajstić information content (AvgIpc) is 2.52. The average molecular weight is 328 g/mol. The molecule has 128 valence electrons. The van der Waals surface area contributed by atoms with E-state index < -0.39 is 0 Å². The molecular weight excluding hydrogens is 304 g/mol. The quantitative estimate of drug-likeness (QED) is 0.869. The van der Waals surface area contributed by atoms with Crippen LogP contribution in [-0.4, -0.2) is 54.3 Å². The number of hydrogen-bond acceptors (Lipinski definition) is 4. The molecule has 2 heterocycles. The maximum atomic E-state index is 13.0. The zero-order valence-electron chi connectivity index (χ0n) is 14.7. The molecule has 5 nitrogen and oxygen atoms in total. The fourth-order valence-corrected chi connectivity index (χ4v) is 3.27. The number of ether oxygens (including phenoxy) is 2. The number of pyridine rings is 1. The molecule has 1 saturated heterocycles. The maximum Gasteiger partial charge on any atom is 0.254 e. The van der Waals surface area contributed by atoms with Crippen molar-refractivity contribution in [3.8, 4) is 0 Å². The van der Waals surface area contributed by atoms with Gasteiger partial charge in [0.15, 0.2) is 0 Å².